The van der Waals surface area contributed by atoms with Crippen LogP contribution in [0.25, 0.3) is 0 Å². The van der Waals surface area contributed by atoms with Crippen molar-refractivity contribution in [2.75, 3.05) is 6.54 Å². The van der Waals surface area contributed by atoms with E-state index in [2.05, 4.69) is 15.6 Å². The van der Waals surface area contributed by atoms with Gasteiger partial charge in [0, 0.05) is 25.4 Å². The number of hydrogen-bond donors (Lipinski definition) is 2. The minimum Gasteiger partial charge on any atom is -0.350 e. The highest BCUT2D eigenvalue weighted by molar-refractivity contribution is 5.84. The molecule has 2 N–H and O–H groups in total. The number of amides is 2. The van der Waals surface area contributed by atoms with Gasteiger partial charge in [-0.3, -0.25) is 14.6 Å². The Labute approximate surface area is 129 Å². The molecule has 0 unspecified atom stereocenters. The van der Waals surface area contributed by atoms with Crippen molar-refractivity contribution in [3.05, 3.63) is 66.0 Å². The van der Waals surface area contributed by atoms with E-state index in [0.717, 1.165) is 11.1 Å². The second-order valence-electron chi connectivity index (χ2n) is 4.90. The Kier molecular flexibility index (Phi) is 6.11. The second kappa shape index (κ2) is 8.56. The number of nitrogens with one attached hydrogen (secondary N) is 2. The van der Waals surface area contributed by atoms with E-state index < -0.39 is 0 Å². The van der Waals surface area contributed by atoms with E-state index in [1.165, 1.54) is 0 Å². The van der Waals surface area contributed by atoms with E-state index >= 15 is 0 Å². The fraction of sp³-hybridized carbons (Fsp3) is 0.235. The van der Waals surface area contributed by atoms with Crippen molar-refractivity contribution in [1.82, 2.24) is 15.6 Å². The zero-order valence-corrected chi connectivity index (χ0v) is 12.3. The highest BCUT2D eigenvalue weighted by Crippen LogP contribution is 2.01. The monoisotopic (exact) mass is 297 g/mol. The number of aryl methyl sites for hydroxylation is 1. The van der Waals surface area contributed by atoms with Crippen molar-refractivity contribution in [3.63, 3.8) is 0 Å². The number of rotatable bonds is 7. The topological polar surface area (TPSA) is 71.1 Å². The summed E-state index contributed by atoms with van der Waals surface area (Å²) in [6, 6.07) is 13.5. The van der Waals surface area contributed by atoms with E-state index in [1.54, 1.807) is 12.4 Å². The molecule has 1 aromatic carbocycles. The Balaban J connectivity index is 1.62. The lowest BCUT2D eigenvalue weighted by Gasteiger charge is -2.07. The number of benzene rings is 1. The van der Waals surface area contributed by atoms with Gasteiger partial charge in [0.15, 0.2) is 0 Å². The van der Waals surface area contributed by atoms with Crippen LogP contribution in [-0.4, -0.2) is 23.3 Å². The molecule has 2 rings (SSSR count). The molecule has 5 nitrogen and oxygen atoms in total. The molecule has 1 aromatic heterocycles. The van der Waals surface area contributed by atoms with Crippen LogP contribution in [0, 0.1) is 0 Å². The Morgan fingerprint density at radius 2 is 1.68 bits per heavy atom. The predicted octanol–water partition coefficient (Wildman–Crippen LogP) is 1.45. The van der Waals surface area contributed by atoms with Crippen molar-refractivity contribution in [3.8, 4) is 0 Å². The zero-order valence-electron chi connectivity index (χ0n) is 12.3. The fourth-order valence-corrected chi connectivity index (χ4v) is 1.94. The normalized spacial score (nSPS) is 10.0. The van der Waals surface area contributed by atoms with Crippen LogP contribution in [0.4, 0.5) is 0 Å². The summed E-state index contributed by atoms with van der Waals surface area (Å²) in [5, 5.41) is 5.36. The van der Waals surface area contributed by atoms with Crippen LogP contribution >= 0.6 is 0 Å². The molecule has 2 aromatic rings. The van der Waals surface area contributed by atoms with Gasteiger partial charge < -0.3 is 10.6 Å². The maximum atomic E-state index is 11.7. The Hall–Kier alpha value is -2.69. The molecule has 5 heteroatoms. The number of nitrogens with zero attached hydrogens (tertiary/aromatic N) is 1. The largest absolute Gasteiger partial charge is 0.350 e. The summed E-state index contributed by atoms with van der Waals surface area (Å²) >= 11 is 0. The second-order valence-corrected chi connectivity index (χ2v) is 4.90. The molecule has 2 amide bonds. The van der Waals surface area contributed by atoms with Crippen molar-refractivity contribution in [2.24, 2.45) is 0 Å². The van der Waals surface area contributed by atoms with Crippen molar-refractivity contribution < 1.29 is 9.59 Å². The average molecular weight is 297 g/mol. The molecule has 1 heterocycles. The van der Waals surface area contributed by atoms with Crippen LogP contribution in [0.1, 0.15) is 17.5 Å². The molecule has 0 bridgehead atoms. The molecular weight excluding hydrogens is 278 g/mol. The molecule has 0 atom stereocenters. The molecule has 0 saturated heterocycles. The lowest BCUT2D eigenvalue weighted by molar-refractivity contribution is -0.126. The van der Waals surface area contributed by atoms with Gasteiger partial charge in [0.1, 0.15) is 0 Å². The van der Waals surface area contributed by atoms with Gasteiger partial charge in [0.05, 0.1) is 6.54 Å². The fourth-order valence-electron chi connectivity index (χ4n) is 1.94. The molecule has 0 saturated carbocycles. The summed E-state index contributed by atoms with van der Waals surface area (Å²) in [7, 11) is 0. The quantitative estimate of drug-likeness (QED) is 0.812. The molecule has 0 aliphatic rings. The molecule has 0 radical (unpaired) electrons. The van der Waals surface area contributed by atoms with Crippen LogP contribution in [0.5, 0.6) is 0 Å². The summed E-state index contributed by atoms with van der Waals surface area (Å²) in [4.78, 5) is 27.3. The minimum atomic E-state index is -0.211. The lowest BCUT2D eigenvalue weighted by atomic mass is 10.1. The van der Waals surface area contributed by atoms with Crippen LogP contribution in [0.15, 0.2) is 54.9 Å². The van der Waals surface area contributed by atoms with Gasteiger partial charge in [-0.25, -0.2) is 0 Å². The highest BCUT2D eigenvalue weighted by atomic mass is 16.2. The maximum absolute atomic E-state index is 11.7. The number of aromatic nitrogens is 1. The maximum Gasteiger partial charge on any atom is 0.239 e. The van der Waals surface area contributed by atoms with E-state index in [1.807, 2.05) is 42.5 Å². The number of carbonyl (C=O) groups is 2. The number of hydrogen-bond acceptors (Lipinski definition) is 3. The standard InChI is InChI=1S/C17H19N3O2/c21-16(9-8-14-5-2-1-3-6-14)20-13-17(22)19-12-15-7-4-10-18-11-15/h1-7,10-11H,8-9,12-13H2,(H,19,22)(H,20,21). The molecule has 114 valence electrons. The third-order valence-electron chi connectivity index (χ3n) is 3.14. The molecule has 0 aliphatic heterocycles. The van der Waals surface area contributed by atoms with Crippen molar-refractivity contribution in [1.29, 1.82) is 0 Å². The SMILES string of the molecule is O=C(CCc1ccccc1)NCC(=O)NCc1cccnc1. The lowest BCUT2D eigenvalue weighted by Crippen LogP contribution is -2.36. The number of carbonyl (C=O) groups excluding carboxylic acids is 2. The van der Waals surface area contributed by atoms with Gasteiger partial charge in [-0.15, -0.1) is 0 Å². The first-order valence-corrected chi connectivity index (χ1v) is 7.20. The Morgan fingerprint density at radius 1 is 0.909 bits per heavy atom. The van der Waals surface area contributed by atoms with E-state index in [4.69, 9.17) is 0 Å². The molecule has 0 spiro atoms. The van der Waals surface area contributed by atoms with E-state index in [-0.39, 0.29) is 18.4 Å². The zero-order chi connectivity index (χ0) is 15.6. The molecule has 0 fully saturated rings. The molecular formula is C17H19N3O2. The minimum absolute atomic E-state index is 0.00607. The third-order valence-corrected chi connectivity index (χ3v) is 3.14. The smallest absolute Gasteiger partial charge is 0.239 e. The highest BCUT2D eigenvalue weighted by Gasteiger charge is 2.05. The Morgan fingerprint density at radius 3 is 2.41 bits per heavy atom. The first-order valence-electron chi connectivity index (χ1n) is 7.20. The van der Waals surface area contributed by atoms with Gasteiger partial charge in [-0.1, -0.05) is 36.4 Å². The van der Waals surface area contributed by atoms with Gasteiger partial charge in [-0.05, 0) is 23.6 Å². The van der Waals surface area contributed by atoms with Crippen LogP contribution in [0.2, 0.25) is 0 Å². The summed E-state index contributed by atoms with van der Waals surface area (Å²) in [5.74, 6) is -0.336. The first-order chi connectivity index (χ1) is 10.7. The van der Waals surface area contributed by atoms with E-state index in [0.29, 0.717) is 19.4 Å². The van der Waals surface area contributed by atoms with Crippen LogP contribution in [0.3, 0.4) is 0 Å². The van der Waals surface area contributed by atoms with Gasteiger partial charge in [-0.2, -0.15) is 0 Å². The summed E-state index contributed by atoms with van der Waals surface area (Å²) in [6.07, 6.45) is 4.42. The molecule has 0 aliphatic carbocycles. The predicted molar refractivity (Wildman–Crippen MR) is 83.9 cm³/mol. The van der Waals surface area contributed by atoms with Crippen LogP contribution in [-0.2, 0) is 22.6 Å². The van der Waals surface area contributed by atoms with Gasteiger partial charge in [0.25, 0.3) is 0 Å². The number of pyridine rings is 1. The van der Waals surface area contributed by atoms with Gasteiger partial charge >= 0.3 is 0 Å². The first kappa shape index (κ1) is 15.7. The summed E-state index contributed by atoms with van der Waals surface area (Å²) < 4.78 is 0. The summed E-state index contributed by atoms with van der Waals surface area (Å²) in [5.41, 5.74) is 2.03. The van der Waals surface area contributed by atoms with Crippen molar-refractivity contribution in [2.45, 2.75) is 19.4 Å². The van der Waals surface area contributed by atoms with E-state index in [9.17, 15) is 9.59 Å². The average Bonchev–Trinajstić information content (AvgIpc) is 2.58. The molecule has 22 heavy (non-hydrogen) atoms. The van der Waals surface area contributed by atoms with Gasteiger partial charge in [0.2, 0.25) is 11.8 Å². The van der Waals surface area contributed by atoms with Crippen molar-refractivity contribution >= 4 is 11.8 Å². The Bertz CT molecular complexity index is 544. The summed E-state index contributed by atoms with van der Waals surface area (Å²) in [6.45, 7) is 0.403. The van der Waals surface area contributed by atoms with Crippen LogP contribution < -0.4 is 10.6 Å². The third kappa shape index (κ3) is 5.75.